The maximum atomic E-state index is 12.8. The van der Waals surface area contributed by atoms with Crippen molar-refractivity contribution < 1.29 is 29.0 Å². The zero-order chi connectivity index (χ0) is 26.9. The molecule has 1 aromatic carbocycles. The molecular formula is C27H37N3O6. The number of aromatic nitrogens is 2. The normalized spacial score (nSPS) is 20.4. The largest absolute Gasteiger partial charge is 0.481 e. The topological polar surface area (TPSA) is 111 Å². The molecule has 0 bridgehead atoms. The number of rotatable bonds is 7. The molecule has 0 radical (unpaired) electrons. The van der Waals surface area contributed by atoms with Crippen LogP contribution < -0.4 is 0 Å². The van der Waals surface area contributed by atoms with Gasteiger partial charge in [-0.05, 0) is 78.4 Å². The lowest BCUT2D eigenvalue weighted by molar-refractivity contribution is -0.140. The van der Waals surface area contributed by atoms with Gasteiger partial charge in [-0.1, -0.05) is 25.1 Å². The number of amides is 2. The highest BCUT2D eigenvalue weighted by molar-refractivity contribution is 5.88. The first-order valence-electron chi connectivity index (χ1n) is 12.2. The van der Waals surface area contributed by atoms with Gasteiger partial charge in [0.05, 0.1) is 12.0 Å². The van der Waals surface area contributed by atoms with E-state index in [1.165, 1.54) is 0 Å². The average molecular weight is 500 g/mol. The Morgan fingerprint density at radius 1 is 1.08 bits per heavy atom. The molecule has 0 aliphatic heterocycles. The van der Waals surface area contributed by atoms with Crippen LogP contribution >= 0.6 is 0 Å². The van der Waals surface area contributed by atoms with Crippen molar-refractivity contribution in [2.24, 2.45) is 11.8 Å². The number of hydrogen-bond acceptors (Lipinski definition) is 6. The van der Waals surface area contributed by atoms with E-state index < -0.39 is 34.8 Å². The summed E-state index contributed by atoms with van der Waals surface area (Å²) in [6, 6.07) is 9.58. The number of nitrogens with zero attached hydrogens (tertiary/aromatic N) is 3. The van der Waals surface area contributed by atoms with Crippen molar-refractivity contribution >= 4 is 18.2 Å². The molecule has 1 N–H and O–H groups in total. The Morgan fingerprint density at radius 3 is 2.14 bits per heavy atom. The summed E-state index contributed by atoms with van der Waals surface area (Å²) in [5.41, 5.74) is -1.26. The highest BCUT2D eigenvalue weighted by atomic mass is 16.6. The van der Waals surface area contributed by atoms with E-state index >= 15 is 0 Å². The Bertz CT molecular complexity index is 1070. The molecule has 1 aliphatic carbocycles. The summed E-state index contributed by atoms with van der Waals surface area (Å²) in [4.78, 5) is 43.4. The fraction of sp³-hybridized carbons (Fsp3) is 0.556. The number of para-hydroxylation sites is 1. The number of hydrogen-bond donors (Lipinski definition) is 1. The summed E-state index contributed by atoms with van der Waals surface area (Å²) in [6.07, 6.45) is 2.66. The van der Waals surface area contributed by atoms with E-state index in [1.807, 2.05) is 41.8 Å². The summed E-state index contributed by atoms with van der Waals surface area (Å²) in [6.45, 7) is 12.3. The summed E-state index contributed by atoms with van der Waals surface area (Å²) < 4.78 is 12.6. The first-order chi connectivity index (χ1) is 16.6. The molecule has 3 atom stereocenters. The standard InChI is InChI=1S/C27H37N3O6/c1-18(13-14-30(23(33)35-25(2,3)4)24(34)36-26(5,6)7)20-15-27(20,22(31)32)21-16-29(17-28-21)19-11-9-8-10-12-19/h8-12,16-18,20H,13-15H2,1-7H3,(H,31,32)/t18?,20-,27-/m1/s1. The fourth-order valence-corrected chi connectivity index (χ4v) is 4.34. The molecular weight excluding hydrogens is 462 g/mol. The van der Waals surface area contributed by atoms with Crippen LogP contribution in [-0.2, 0) is 19.7 Å². The quantitative estimate of drug-likeness (QED) is 0.542. The van der Waals surface area contributed by atoms with Crippen LogP contribution in [0.1, 0.15) is 67.0 Å². The Kier molecular flexibility index (Phi) is 7.53. The molecule has 1 aliphatic rings. The van der Waals surface area contributed by atoms with Crippen LogP contribution in [0.2, 0.25) is 0 Å². The minimum absolute atomic E-state index is 0.0512. The zero-order valence-corrected chi connectivity index (χ0v) is 22.1. The smallest absolute Gasteiger partial charge is 0.419 e. The molecule has 1 fully saturated rings. The molecule has 1 unspecified atom stereocenters. The van der Waals surface area contributed by atoms with Crippen molar-refractivity contribution in [2.75, 3.05) is 6.54 Å². The fourth-order valence-electron chi connectivity index (χ4n) is 4.34. The second kappa shape index (κ2) is 9.95. The molecule has 2 aromatic rings. The lowest BCUT2D eigenvalue weighted by atomic mass is 9.91. The molecule has 9 heteroatoms. The summed E-state index contributed by atoms with van der Waals surface area (Å²) in [5, 5.41) is 10.2. The molecule has 0 spiro atoms. The van der Waals surface area contributed by atoms with Gasteiger partial charge in [-0.25, -0.2) is 19.5 Å². The number of carboxylic acids is 1. The van der Waals surface area contributed by atoms with Gasteiger partial charge in [0.15, 0.2) is 0 Å². The number of benzene rings is 1. The first-order valence-corrected chi connectivity index (χ1v) is 12.2. The zero-order valence-electron chi connectivity index (χ0n) is 22.1. The van der Waals surface area contributed by atoms with E-state index in [0.29, 0.717) is 18.5 Å². The van der Waals surface area contributed by atoms with Gasteiger partial charge in [0.1, 0.15) is 16.6 Å². The number of carboxylic acid groups (broad SMARTS) is 1. The molecule has 3 rings (SSSR count). The summed E-state index contributed by atoms with van der Waals surface area (Å²) in [7, 11) is 0. The monoisotopic (exact) mass is 499 g/mol. The van der Waals surface area contributed by atoms with E-state index in [4.69, 9.17) is 9.47 Å². The molecule has 36 heavy (non-hydrogen) atoms. The SMILES string of the molecule is CC(CCN(C(=O)OC(C)(C)C)C(=O)OC(C)(C)C)[C@H]1C[C@]1(C(=O)O)c1cn(-c2ccccc2)cn1. The Morgan fingerprint density at radius 2 is 1.64 bits per heavy atom. The first kappa shape index (κ1) is 27.2. The molecule has 1 heterocycles. The molecule has 1 aromatic heterocycles. The predicted molar refractivity (Wildman–Crippen MR) is 134 cm³/mol. The Hall–Kier alpha value is -3.36. The van der Waals surface area contributed by atoms with Crippen LogP contribution in [0.5, 0.6) is 0 Å². The Labute approximate surface area is 212 Å². The molecule has 0 saturated heterocycles. The van der Waals surface area contributed by atoms with Crippen LogP contribution in [-0.4, -0.2) is 55.5 Å². The minimum Gasteiger partial charge on any atom is -0.481 e. The van der Waals surface area contributed by atoms with Crippen LogP contribution in [0.4, 0.5) is 9.59 Å². The van der Waals surface area contributed by atoms with Gasteiger partial charge in [0, 0.05) is 18.4 Å². The maximum absolute atomic E-state index is 12.8. The van der Waals surface area contributed by atoms with Crippen LogP contribution in [0.25, 0.3) is 5.69 Å². The van der Waals surface area contributed by atoms with Gasteiger partial charge in [0.2, 0.25) is 0 Å². The van der Waals surface area contributed by atoms with E-state index in [0.717, 1.165) is 10.6 Å². The highest BCUT2D eigenvalue weighted by Crippen LogP contribution is 2.58. The van der Waals surface area contributed by atoms with Crippen LogP contribution in [0.3, 0.4) is 0 Å². The predicted octanol–water partition coefficient (Wildman–Crippen LogP) is 5.41. The third-order valence-electron chi connectivity index (χ3n) is 6.21. The second-order valence-electron chi connectivity index (χ2n) is 11.5. The van der Waals surface area contributed by atoms with E-state index in [2.05, 4.69) is 4.98 Å². The number of ether oxygens (including phenoxy) is 2. The third kappa shape index (κ3) is 6.25. The maximum Gasteiger partial charge on any atom is 0.419 e. The molecule has 2 amide bonds. The van der Waals surface area contributed by atoms with Crippen molar-refractivity contribution in [1.82, 2.24) is 14.5 Å². The van der Waals surface area contributed by atoms with Gasteiger partial charge >= 0.3 is 18.2 Å². The Balaban J connectivity index is 1.74. The molecule has 9 nitrogen and oxygen atoms in total. The van der Waals surface area contributed by atoms with Crippen LogP contribution in [0, 0.1) is 11.8 Å². The highest BCUT2D eigenvalue weighted by Gasteiger charge is 2.64. The van der Waals surface area contributed by atoms with Gasteiger partial charge in [-0.15, -0.1) is 0 Å². The number of carbonyl (C=O) groups is 3. The summed E-state index contributed by atoms with van der Waals surface area (Å²) >= 11 is 0. The third-order valence-corrected chi connectivity index (χ3v) is 6.21. The van der Waals surface area contributed by atoms with E-state index in [1.54, 1.807) is 54.1 Å². The number of carbonyl (C=O) groups excluding carboxylic acids is 2. The lowest BCUT2D eigenvalue weighted by Crippen LogP contribution is -2.44. The van der Waals surface area contributed by atoms with Gasteiger partial charge in [-0.2, -0.15) is 0 Å². The van der Waals surface area contributed by atoms with Crippen molar-refractivity contribution in [3.63, 3.8) is 0 Å². The van der Waals surface area contributed by atoms with Gasteiger partial charge < -0.3 is 19.1 Å². The second-order valence-corrected chi connectivity index (χ2v) is 11.5. The van der Waals surface area contributed by atoms with Crippen molar-refractivity contribution in [1.29, 1.82) is 0 Å². The number of aliphatic carboxylic acids is 1. The van der Waals surface area contributed by atoms with Crippen molar-refractivity contribution in [3.8, 4) is 5.69 Å². The summed E-state index contributed by atoms with van der Waals surface area (Å²) in [5.74, 6) is -1.21. The number of imide groups is 1. The average Bonchev–Trinajstić information content (AvgIpc) is 3.33. The van der Waals surface area contributed by atoms with Gasteiger partial charge in [0.25, 0.3) is 0 Å². The van der Waals surface area contributed by atoms with Crippen molar-refractivity contribution in [3.05, 3.63) is 48.5 Å². The van der Waals surface area contributed by atoms with E-state index in [9.17, 15) is 19.5 Å². The van der Waals surface area contributed by atoms with E-state index in [-0.39, 0.29) is 18.4 Å². The molecule has 196 valence electrons. The molecule has 1 saturated carbocycles. The minimum atomic E-state index is -1.10. The van der Waals surface area contributed by atoms with Gasteiger partial charge in [-0.3, -0.25) is 4.79 Å². The lowest BCUT2D eigenvalue weighted by Gasteiger charge is -2.29. The number of imidazole rings is 1. The van der Waals surface area contributed by atoms with Crippen LogP contribution in [0.15, 0.2) is 42.9 Å². The van der Waals surface area contributed by atoms with Crippen molar-refractivity contribution in [2.45, 2.75) is 77.9 Å².